The third-order valence-electron chi connectivity index (χ3n) is 3.86. The van der Waals surface area contributed by atoms with Crippen LogP contribution in [0, 0.1) is 0 Å². The molecule has 152 valence electrons. The molecule has 0 aliphatic rings. The van der Waals surface area contributed by atoms with Crippen molar-refractivity contribution < 1.29 is 14.3 Å². The Morgan fingerprint density at radius 3 is 2.14 bits per heavy atom. The second-order valence-electron chi connectivity index (χ2n) is 5.78. The van der Waals surface area contributed by atoms with Gasteiger partial charge in [0.15, 0.2) is 0 Å². The summed E-state index contributed by atoms with van der Waals surface area (Å²) in [5, 5.41) is 5.03. The molecule has 8 heteroatoms. The Morgan fingerprint density at radius 2 is 1.59 bits per heavy atom. The smallest absolute Gasteiger partial charge is 0.207 e. The zero-order chi connectivity index (χ0) is 21.4. The van der Waals surface area contributed by atoms with Gasteiger partial charge >= 0.3 is 0 Å². The average Bonchev–Trinajstić information content (AvgIpc) is 2.73. The van der Waals surface area contributed by atoms with Crippen molar-refractivity contribution in [3.05, 3.63) is 59.0 Å². The summed E-state index contributed by atoms with van der Waals surface area (Å²) in [5.74, 6) is 0.886. The van der Waals surface area contributed by atoms with E-state index in [0.717, 1.165) is 16.5 Å². The van der Waals surface area contributed by atoms with Crippen molar-refractivity contribution in [2.45, 2.75) is 13.5 Å². The van der Waals surface area contributed by atoms with Crippen LogP contribution in [0.1, 0.15) is 12.6 Å². The molecule has 0 unspecified atom stereocenters. The van der Waals surface area contributed by atoms with Crippen LogP contribution in [0.2, 0.25) is 10.0 Å². The molecule has 0 fully saturated rings. The van der Waals surface area contributed by atoms with Gasteiger partial charge in [0, 0.05) is 34.8 Å². The lowest BCUT2D eigenvalue weighted by atomic mass is 10.1. The van der Waals surface area contributed by atoms with Crippen LogP contribution in [0.5, 0.6) is 11.5 Å². The van der Waals surface area contributed by atoms with Gasteiger partial charge in [0.1, 0.15) is 11.5 Å². The summed E-state index contributed by atoms with van der Waals surface area (Å²) in [6.45, 7) is 5.60. The minimum Gasteiger partial charge on any atom is -0.495 e. The number of rotatable bonds is 6. The SMILES string of the molecule is C=CC.COc1cc(OC)c(Cl)c(-c2cc3cnc(CNC=O)cc3cn2)c1Cl. The van der Waals surface area contributed by atoms with E-state index in [1.54, 1.807) is 24.5 Å². The lowest BCUT2D eigenvalue weighted by Crippen LogP contribution is -2.10. The molecule has 29 heavy (non-hydrogen) atoms. The van der Waals surface area contributed by atoms with Gasteiger partial charge in [-0.25, -0.2) is 0 Å². The molecule has 0 aliphatic carbocycles. The minimum atomic E-state index is 0.352. The molecule has 2 heterocycles. The van der Waals surface area contributed by atoms with Crippen LogP contribution in [0.4, 0.5) is 0 Å². The van der Waals surface area contributed by atoms with Crippen molar-refractivity contribution in [3.63, 3.8) is 0 Å². The fourth-order valence-corrected chi connectivity index (χ4v) is 3.27. The molecule has 0 saturated heterocycles. The number of methoxy groups -OCH3 is 2. The maximum Gasteiger partial charge on any atom is 0.207 e. The predicted octanol–water partition coefficient (Wildman–Crippen LogP) is 5.06. The molecular weight excluding hydrogens is 413 g/mol. The van der Waals surface area contributed by atoms with Crippen LogP contribution < -0.4 is 14.8 Å². The van der Waals surface area contributed by atoms with E-state index < -0.39 is 0 Å². The van der Waals surface area contributed by atoms with E-state index in [2.05, 4.69) is 21.9 Å². The Bertz CT molecular complexity index is 997. The highest BCUT2D eigenvalue weighted by atomic mass is 35.5. The second-order valence-corrected chi connectivity index (χ2v) is 6.54. The zero-order valence-electron chi connectivity index (χ0n) is 16.3. The normalized spacial score (nSPS) is 9.97. The highest BCUT2D eigenvalue weighted by molar-refractivity contribution is 6.41. The van der Waals surface area contributed by atoms with Crippen LogP contribution in [0.15, 0.2) is 43.2 Å². The molecule has 0 atom stereocenters. The summed E-state index contributed by atoms with van der Waals surface area (Å²) in [7, 11) is 3.04. The monoisotopic (exact) mass is 433 g/mol. The van der Waals surface area contributed by atoms with Crippen LogP contribution in [0.3, 0.4) is 0 Å². The molecule has 1 N–H and O–H groups in total. The highest BCUT2D eigenvalue weighted by Gasteiger charge is 2.19. The van der Waals surface area contributed by atoms with Gasteiger partial charge in [0.2, 0.25) is 6.41 Å². The molecule has 0 saturated carbocycles. The third kappa shape index (κ3) is 5.16. The second kappa shape index (κ2) is 10.6. The van der Waals surface area contributed by atoms with Crippen LogP contribution in [0.25, 0.3) is 22.0 Å². The summed E-state index contributed by atoms with van der Waals surface area (Å²) < 4.78 is 10.6. The number of ether oxygens (including phenoxy) is 2. The predicted molar refractivity (Wildman–Crippen MR) is 117 cm³/mol. The number of hydrogen-bond donors (Lipinski definition) is 1. The molecule has 0 spiro atoms. The summed E-state index contributed by atoms with van der Waals surface area (Å²) in [6, 6.07) is 5.33. The third-order valence-corrected chi connectivity index (χ3v) is 4.61. The van der Waals surface area contributed by atoms with Gasteiger partial charge in [-0.15, -0.1) is 6.58 Å². The molecule has 0 radical (unpaired) electrons. The Kier molecular flexibility index (Phi) is 8.24. The van der Waals surface area contributed by atoms with E-state index in [-0.39, 0.29) is 0 Å². The molecule has 3 rings (SSSR count). The number of benzene rings is 1. The maximum absolute atomic E-state index is 10.4. The van der Waals surface area contributed by atoms with Gasteiger partial charge in [0.25, 0.3) is 0 Å². The first-order valence-corrected chi connectivity index (χ1v) is 9.35. The van der Waals surface area contributed by atoms with E-state index in [0.29, 0.717) is 45.8 Å². The highest BCUT2D eigenvalue weighted by Crippen LogP contribution is 2.45. The lowest BCUT2D eigenvalue weighted by molar-refractivity contribution is -0.109. The van der Waals surface area contributed by atoms with Gasteiger partial charge in [0.05, 0.1) is 42.2 Å². The van der Waals surface area contributed by atoms with Crippen LogP contribution >= 0.6 is 23.2 Å². The Balaban J connectivity index is 0.000000941. The molecule has 3 aromatic rings. The quantitative estimate of drug-likeness (QED) is 0.434. The number of hydrogen-bond acceptors (Lipinski definition) is 5. The zero-order valence-corrected chi connectivity index (χ0v) is 17.8. The van der Waals surface area contributed by atoms with Crippen molar-refractivity contribution in [1.29, 1.82) is 0 Å². The number of carbonyl (C=O) groups excluding carboxylic acids is 1. The number of allylic oxidation sites excluding steroid dienone is 1. The number of pyridine rings is 2. The van der Waals surface area contributed by atoms with Crippen molar-refractivity contribution in [3.8, 4) is 22.8 Å². The summed E-state index contributed by atoms with van der Waals surface area (Å²) in [5.41, 5.74) is 1.83. The Hall–Kier alpha value is -2.83. The van der Waals surface area contributed by atoms with E-state index in [4.69, 9.17) is 32.7 Å². The first kappa shape index (κ1) is 22.5. The fourth-order valence-electron chi connectivity index (χ4n) is 2.57. The number of amides is 1. The van der Waals surface area contributed by atoms with E-state index >= 15 is 0 Å². The summed E-state index contributed by atoms with van der Waals surface area (Å²) >= 11 is 12.9. The molecule has 2 aromatic heterocycles. The van der Waals surface area contributed by atoms with Gasteiger partial charge in [-0.1, -0.05) is 29.3 Å². The first-order chi connectivity index (χ1) is 14.0. The van der Waals surface area contributed by atoms with Crippen LogP contribution in [-0.4, -0.2) is 30.6 Å². The number of carbonyl (C=O) groups is 1. The molecule has 1 amide bonds. The van der Waals surface area contributed by atoms with E-state index in [9.17, 15) is 4.79 Å². The number of fused-ring (bicyclic) bond motifs is 1. The van der Waals surface area contributed by atoms with Crippen molar-refractivity contribution in [2.75, 3.05) is 14.2 Å². The average molecular weight is 434 g/mol. The summed E-state index contributed by atoms with van der Waals surface area (Å²) in [4.78, 5) is 19.2. The number of halogens is 2. The maximum atomic E-state index is 10.4. The van der Waals surface area contributed by atoms with Crippen molar-refractivity contribution in [2.24, 2.45) is 0 Å². The molecule has 6 nitrogen and oxygen atoms in total. The fraction of sp³-hybridized carbons (Fsp3) is 0.190. The number of aromatic nitrogens is 2. The van der Waals surface area contributed by atoms with Gasteiger partial charge < -0.3 is 14.8 Å². The van der Waals surface area contributed by atoms with Gasteiger partial charge in [-0.05, 0) is 19.1 Å². The van der Waals surface area contributed by atoms with Crippen LogP contribution in [-0.2, 0) is 11.3 Å². The molecule has 0 bridgehead atoms. The largest absolute Gasteiger partial charge is 0.495 e. The van der Waals surface area contributed by atoms with Crippen molar-refractivity contribution >= 4 is 40.4 Å². The Labute approximate surface area is 179 Å². The lowest BCUT2D eigenvalue weighted by Gasteiger charge is -2.14. The standard InChI is InChI=1S/C18H15Cl2N3O3.C3H6/c1-25-14-5-15(26-2)18(20)16(17(14)19)13-4-11-6-22-12(8-21-9-24)3-10(11)7-23-13;1-3-2/h3-7,9H,8H2,1-2H3,(H,21,24);3H,1H2,2H3. The molecule has 1 aromatic carbocycles. The Morgan fingerprint density at radius 1 is 1.03 bits per heavy atom. The van der Waals surface area contributed by atoms with E-state index in [1.807, 2.05) is 19.1 Å². The molecule has 0 aliphatic heterocycles. The van der Waals surface area contributed by atoms with Gasteiger partial charge in [-0.2, -0.15) is 0 Å². The topological polar surface area (TPSA) is 73.3 Å². The minimum absolute atomic E-state index is 0.352. The number of nitrogens with one attached hydrogen (secondary N) is 1. The molecular formula is C21H21Cl2N3O3. The summed E-state index contributed by atoms with van der Waals surface area (Å²) in [6.07, 6.45) is 5.80. The van der Waals surface area contributed by atoms with Crippen molar-refractivity contribution in [1.82, 2.24) is 15.3 Å². The van der Waals surface area contributed by atoms with E-state index in [1.165, 1.54) is 14.2 Å². The van der Waals surface area contributed by atoms with Gasteiger partial charge in [-0.3, -0.25) is 14.8 Å². The first-order valence-electron chi connectivity index (χ1n) is 8.59. The number of nitrogens with zero attached hydrogens (tertiary/aromatic N) is 2.